The molecule has 2 saturated heterocycles. The van der Waals surface area contributed by atoms with Gasteiger partial charge in [-0.05, 0) is 34.9 Å². The molecule has 9 nitrogen and oxygen atoms in total. The van der Waals surface area contributed by atoms with Crippen LogP contribution < -0.4 is 0 Å². The van der Waals surface area contributed by atoms with E-state index in [-0.39, 0.29) is 12.0 Å². The average Bonchev–Trinajstić information content (AvgIpc) is 3.24. The Labute approximate surface area is 157 Å². The number of rotatable bonds is 4. The Hall–Kier alpha value is -2.71. The van der Waals surface area contributed by atoms with Gasteiger partial charge in [0, 0.05) is 38.7 Å². The lowest BCUT2D eigenvalue weighted by Crippen LogP contribution is -2.48. The second-order valence-corrected chi connectivity index (χ2v) is 7.85. The number of carbonyl (C=O) groups is 2. The Balaban J connectivity index is 1.38. The number of piperidine rings is 1. The smallest absolute Gasteiger partial charge is 0.410 e. The van der Waals surface area contributed by atoms with Crippen molar-refractivity contribution >= 4 is 17.6 Å². The summed E-state index contributed by atoms with van der Waals surface area (Å²) in [4.78, 5) is 28.6. The van der Waals surface area contributed by atoms with E-state index < -0.39 is 5.60 Å². The highest BCUT2D eigenvalue weighted by molar-refractivity contribution is 5.94. The predicted molar refractivity (Wildman–Crippen MR) is 96.2 cm³/mol. The summed E-state index contributed by atoms with van der Waals surface area (Å²) in [5, 5.41) is 11.3. The number of likely N-dealkylation sites (tertiary alicyclic amines) is 1. The molecular weight excluding hydrogens is 348 g/mol. The highest BCUT2D eigenvalue weighted by Crippen LogP contribution is 2.34. The van der Waals surface area contributed by atoms with E-state index in [1.54, 1.807) is 23.2 Å². The van der Waals surface area contributed by atoms with Crippen molar-refractivity contribution in [1.82, 2.24) is 29.8 Å². The van der Waals surface area contributed by atoms with Gasteiger partial charge in [0.15, 0.2) is 5.65 Å². The number of aromatic nitrogens is 4. The summed E-state index contributed by atoms with van der Waals surface area (Å²) in [5.74, 6) is 0.495. The van der Waals surface area contributed by atoms with Crippen molar-refractivity contribution in [2.24, 2.45) is 5.92 Å². The highest BCUT2D eigenvalue weighted by Gasteiger charge is 2.47. The van der Waals surface area contributed by atoms with Crippen LogP contribution in [0.25, 0.3) is 5.65 Å². The van der Waals surface area contributed by atoms with Crippen molar-refractivity contribution in [3.05, 3.63) is 23.9 Å². The van der Waals surface area contributed by atoms with E-state index in [9.17, 15) is 9.59 Å². The van der Waals surface area contributed by atoms with E-state index in [4.69, 9.17) is 4.74 Å². The molecule has 1 spiro atoms. The molecule has 144 valence electrons. The van der Waals surface area contributed by atoms with Crippen LogP contribution in [0.4, 0.5) is 4.79 Å². The van der Waals surface area contributed by atoms with Crippen LogP contribution in [0, 0.1) is 5.92 Å². The van der Waals surface area contributed by atoms with Gasteiger partial charge in [0.1, 0.15) is 5.60 Å². The van der Waals surface area contributed by atoms with Gasteiger partial charge in [-0.2, -0.15) is 4.52 Å². The number of fused-ring (bicyclic) bond motifs is 1. The summed E-state index contributed by atoms with van der Waals surface area (Å²) in [7, 11) is 0. The summed E-state index contributed by atoms with van der Waals surface area (Å²) >= 11 is 0. The molecule has 2 aromatic heterocycles. The summed E-state index contributed by atoms with van der Waals surface area (Å²) in [6.45, 7) is 6.78. The van der Waals surface area contributed by atoms with E-state index >= 15 is 0 Å². The van der Waals surface area contributed by atoms with Crippen LogP contribution in [0.5, 0.6) is 0 Å². The molecule has 0 atom stereocenters. The van der Waals surface area contributed by atoms with Crippen LogP contribution in [0.1, 0.15) is 43.5 Å². The molecule has 2 aliphatic rings. The van der Waals surface area contributed by atoms with E-state index in [2.05, 4.69) is 29.4 Å². The van der Waals surface area contributed by atoms with Gasteiger partial charge in [0.25, 0.3) is 5.91 Å². The van der Waals surface area contributed by atoms with Crippen LogP contribution in [0.15, 0.2) is 18.3 Å². The number of carbonyl (C=O) groups excluding carboxylic acids is 2. The van der Waals surface area contributed by atoms with Crippen LogP contribution in [0.3, 0.4) is 0 Å². The first-order chi connectivity index (χ1) is 13.0. The molecule has 4 rings (SSSR count). The third-order valence-corrected chi connectivity index (χ3v) is 5.42. The van der Waals surface area contributed by atoms with E-state index in [0.29, 0.717) is 49.6 Å². The molecule has 27 heavy (non-hydrogen) atoms. The lowest BCUT2D eigenvalue weighted by Gasteiger charge is -2.37. The van der Waals surface area contributed by atoms with E-state index in [1.165, 1.54) is 4.52 Å². The summed E-state index contributed by atoms with van der Waals surface area (Å²) < 4.78 is 7.22. The Morgan fingerprint density at radius 2 is 2.07 bits per heavy atom. The lowest BCUT2D eigenvalue weighted by atomic mass is 9.91. The van der Waals surface area contributed by atoms with Gasteiger partial charge in [0.2, 0.25) is 0 Å². The number of tetrazole rings is 1. The Morgan fingerprint density at radius 3 is 2.81 bits per heavy atom. The molecule has 0 saturated carbocycles. The lowest BCUT2D eigenvalue weighted by molar-refractivity contribution is 0.00311. The van der Waals surface area contributed by atoms with Crippen LogP contribution in [-0.2, 0) is 4.74 Å². The number of hydrogen-bond acceptors (Lipinski definition) is 6. The minimum atomic E-state index is -0.454. The maximum absolute atomic E-state index is 12.8. The van der Waals surface area contributed by atoms with Crippen molar-refractivity contribution in [2.75, 3.05) is 26.2 Å². The molecule has 0 aliphatic carbocycles. The molecule has 9 heteroatoms. The normalized spacial score (nSPS) is 19.3. The second-order valence-electron chi connectivity index (χ2n) is 7.85. The van der Waals surface area contributed by atoms with Crippen LogP contribution in [-0.4, -0.2) is 73.6 Å². The summed E-state index contributed by atoms with van der Waals surface area (Å²) in [5.41, 5.74) is 0.696. The number of ether oxygens (including phenoxy) is 1. The quantitative estimate of drug-likeness (QED) is 0.809. The fraction of sp³-hybridized carbons (Fsp3) is 0.611. The van der Waals surface area contributed by atoms with Crippen LogP contribution in [0.2, 0.25) is 0 Å². The zero-order valence-electron chi connectivity index (χ0n) is 15.7. The van der Waals surface area contributed by atoms with Gasteiger partial charge in [-0.25, -0.2) is 4.79 Å². The molecule has 2 aromatic rings. The van der Waals surface area contributed by atoms with Gasteiger partial charge in [-0.3, -0.25) is 4.79 Å². The van der Waals surface area contributed by atoms with Crippen molar-refractivity contribution in [3.8, 4) is 0 Å². The minimum absolute atomic E-state index is 0.0526. The van der Waals surface area contributed by atoms with Gasteiger partial charge in [0.05, 0.1) is 12.1 Å². The average molecular weight is 372 g/mol. The van der Waals surface area contributed by atoms with E-state index in [0.717, 1.165) is 13.0 Å². The first kappa shape index (κ1) is 17.7. The summed E-state index contributed by atoms with van der Waals surface area (Å²) in [6.07, 6.45) is 3.71. The Morgan fingerprint density at radius 1 is 1.30 bits per heavy atom. The number of hydrogen-bond donors (Lipinski definition) is 0. The molecule has 0 aromatic carbocycles. The van der Waals surface area contributed by atoms with Crippen molar-refractivity contribution < 1.29 is 14.3 Å². The largest absolute Gasteiger partial charge is 0.441 e. The third kappa shape index (κ3) is 3.45. The molecular formula is C18H24N6O3. The minimum Gasteiger partial charge on any atom is -0.441 e. The molecule has 2 aliphatic heterocycles. The van der Waals surface area contributed by atoms with Crippen LogP contribution >= 0.6 is 0 Å². The number of amides is 2. The number of pyridine rings is 1. The zero-order valence-corrected chi connectivity index (χ0v) is 15.7. The Kier molecular flexibility index (Phi) is 4.45. The maximum Gasteiger partial charge on any atom is 0.410 e. The third-order valence-electron chi connectivity index (χ3n) is 5.42. The first-order valence-corrected chi connectivity index (χ1v) is 9.41. The fourth-order valence-electron chi connectivity index (χ4n) is 3.71. The van der Waals surface area contributed by atoms with Gasteiger partial charge in [-0.15, -0.1) is 5.10 Å². The molecule has 0 bridgehead atoms. The molecule has 4 heterocycles. The monoisotopic (exact) mass is 372 g/mol. The number of nitrogens with zero attached hydrogens (tertiary/aromatic N) is 6. The SMILES string of the molecule is CC(C)CCN1CC2(CCN(C(=O)c3ccc4nnnn4c3)CC2)OC1=O. The standard InChI is InChI=1S/C18H24N6O3/c1-13(2)5-8-23-12-18(27-17(23)26)6-9-22(10-7-18)16(25)14-3-4-15-19-20-21-24(15)11-14/h3-4,11,13H,5-10,12H2,1-2H3. The summed E-state index contributed by atoms with van der Waals surface area (Å²) in [6, 6.07) is 3.46. The second kappa shape index (κ2) is 6.79. The van der Waals surface area contributed by atoms with Crippen molar-refractivity contribution in [1.29, 1.82) is 0 Å². The fourth-order valence-corrected chi connectivity index (χ4v) is 3.71. The van der Waals surface area contributed by atoms with Gasteiger partial charge < -0.3 is 14.5 Å². The van der Waals surface area contributed by atoms with Crippen molar-refractivity contribution in [3.63, 3.8) is 0 Å². The first-order valence-electron chi connectivity index (χ1n) is 9.41. The van der Waals surface area contributed by atoms with Crippen molar-refractivity contribution in [2.45, 2.75) is 38.7 Å². The topological polar surface area (TPSA) is 92.9 Å². The Bertz CT molecular complexity index is 856. The molecule has 2 amide bonds. The zero-order chi connectivity index (χ0) is 19.0. The maximum atomic E-state index is 12.8. The van der Waals surface area contributed by atoms with Gasteiger partial charge in [-0.1, -0.05) is 13.8 Å². The van der Waals surface area contributed by atoms with Gasteiger partial charge >= 0.3 is 6.09 Å². The predicted octanol–water partition coefficient (Wildman–Crippen LogP) is 1.60. The molecule has 0 unspecified atom stereocenters. The molecule has 0 N–H and O–H groups in total. The molecule has 0 radical (unpaired) electrons. The van der Waals surface area contributed by atoms with E-state index in [1.807, 2.05) is 4.90 Å². The highest BCUT2D eigenvalue weighted by atomic mass is 16.6. The molecule has 2 fully saturated rings.